The normalized spacial score (nSPS) is 41.8. The van der Waals surface area contributed by atoms with Crippen LogP contribution >= 0.6 is 12.2 Å². The van der Waals surface area contributed by atoms with E-state index in [2.05, 4.69) is 10.6 Å². The molecule has 0 spiro atoms. The fourth-order valence-electron chi connectivity index (χ4n) is 1.89. The minimum absolute atomic E-state index is 0.257. The Balaban J connectivity index is 2.15. The van der Waals surface area contributed by atoms with Crippen molar-refractivity contribution in [3.63, 3.8) is 0 Å². The molecule has 0 radical (unpaired) electrons. The zero-order valence-corrected chi connectivity index (χ0v) is 9.59. The van der Waals surface area contributed by atoms with Gasteiger partial charge in [-0.3, -0.25) is 0 Å². The lowest BCUT2D eigenvalue weighted by molar-refractivity contribution is -0.0185. The first-order valence-corrected chi connectivity index (χ1v) is 5.53. The number of aliphatic hydroxyl groups is 4. The van der Waals surface area contributed by atoms with Gasteiger partial charge in [0.05, 0.1) is 6.61 Å². The largest absolute Gasteiger partial charge is 0.394 e. The second-order valence-electron chi connectivity index (χ2n) is 3.92. The van der Waals surface area contributed by atoms with Gasteiger partial charge in [-0.15, -0.1) is 0 Å². The Morgan fingerprint density at radius 1 is 1.29 bits per heavy atom. The third-order valence-corrected chi connectivity index (χ3v) is 3.06. The number of hydrogen-bond donors (Lipinski definition) is 6. The van der Waals surface area contributed by atoms with Crippen molar-refractivity contribution in [2.45, 2.75) is 30.6 Å². The molecule has 0 amide bonds. The summed E-state index contributed by atoms with van der Waals surface area (Å²) in [6, 6.07) is 0. The number of aliphatic hydroxyl groups excluding tert-OH is 4. The number of nitrogens with one attached hydrogen (secondary N) is 2. The zero-order valence-electron chi connectivity index (χ0n) is 8.78. The lowest BCUT2D eigenvalue weighted by Gasteiger charge is -2.28. The molecule has 17 heavy (non-hydrogen) atoms. The highest BCUT2D eigenvalue weighted by Crippen LogP contribution is 2.27. The summed E-state index contributed by atoms with van der Waals surface area (Å²) >= 11 is 4.79. The van der Waals surface area contributed by atoms with Crippen LogP contribution in [0.4, 0.5) is 0 Å². The van der Waals surface area contributed by atoms with Gasteiger partial charge in [-0.05, 0) is 12.2 Å². The van der Waals surface area contributed by atoms with Gasteiger partial charge in [0.15, 0.2) is 11.3 Å². The molecule has 0 bridgehead atoms. The monoisotopic (exact) mass is 262 g/mol. The van der Waals surface area contributed by atoms with E-state index in [1.165, 1.54) is 6.20 Å². The molecule has 1 saturated heterocycles. The van der Waals surface area contributed by atoms with Gasteiger partial charge in [-0.1, -0.05) is 0 Å². The summed E-state index contributed by atoms with van der Waals surface area (Å²) in [4.78, 5) is 0. The zero-order chi connectivity index (χ0) is 12.6. The molecule has 0 aromatic rings. The van der Waals surface area contributed by atoms with Crippen molar-refractivity contribution >= 4 is 17.3 Å². The van der Waals surface area contributed by atoms with Crippen molar-refractivity contribution < 1.29 is 25.2 Å². The van der Waals surface area contributed by atoms with Crippen LogP contribution in [0.25, 0.3) is 0 Å². The summed E-state index contributed by atoms with van der Waals surface area (Å²) in [6.07, 6.45) is -3.82. The molecule has 6 N–H and O–H groups in total. The van der Waals surface area contributed by atoms with Gasteiger partial charge in [0, 0.05) is 11.8 Å². The van der Waals surface area contributed by atoms with Gasteiger partial charge >= 0.3 is 0 Å². The SMILES string of the molecule is OC[C@H]1O[C@@H](C2=CNC(=S)NC2O)[C@@H](O)C1O. The van der Waals surface area contributed by atoms with E-state index >= 15 is 0 Å². The molecule has 2 aliphatic heterocycles. The smallest absolute Gasteiger partial charge is 0.172 e. The first-order chi connectivity index (χ1) is 8.04. The molecule has 0 aromatic carbocycles. The van der Waals surface area contributed by atoms with Gasteiger partial charge in [0.1, 0.15) is 24.4 Å². The number of hydrogen-bond acceptors (Lipinski definition) is 6. The van der Waals surface area contributed by atoms with E-state index < -0.39 is 37.3 Å². The van der Waals surface area contributed by atoms with Crippen LogP contribution in [0, 0.1) is 0 Å². The summed E-state index contributed by atoms with van der Waals surface area (Å²) in [7, 11) is 0. The molecule has 2 aliphatic rings. The third-order valence-electron chi connectivity index (χ3n) is 2.82. The van der Waals surface area contributed by atoms with Crippen LogP contribution in [0.15, 0.2) is 11.8 Å². The molecule has 2 heterocycles. The Kier molecular flexibility index (Phi) is 3.61. The van der Waals surface area contributed by atoms with E-state index in [1.807, 2.05) is 0 Å². The maximum Gasteiger partial charge on any atom is 0.172 e. The second-order valence-corrected chi connectivity index (χ2v) is 4.33. The summed E-state index contributed by atoms with van der Waals surface area (Å²) < 4.78 is 5.28. The average molecular weight is 262 g/mol. The standard InChI is InChI=1S/C9H14N2O5S/c12-2-4-5(13)6(14)7(16-4)3-1-10-9(17)11-8(3)15/h1,4-8,12-15H,2H2,(H2,10,11,17)/t4-,5?,6+,7+,8?/m1/s1. The molecule has 0 aliphatic carbocycles. The van der Waals surface area contributed by atoms with E-state index in [4.69, 9.17) is 22.1 Å². The number of thiocarbonyl (C=S) groups is 1. The molecule has 7 nitrogen and oxygen atoms in total. The maximum absolute atomic E-state index is 9.77. The first-order valence-electron chi connectivity index (χ1n) is 5.12. The molecular formula is C9H14N2O5S. The van der Waals surface area contributed by atoms with E-state index in [-0.39, 0.29) is 5.11 Å². The molecule has 0 aromatic heterocycles. The van der Waals surface area contributed by atoms with Crippen molar-refractivity contribution in [1.82, 2.24) is 10.6 Å². The highest BCUT2D eigenvalue weighted by molar-refractivity contribution is 7.80. The highest BCUT2D eigenvalue weighted by atomic mass is 32.1. The van der Waals surface area contributed by atoms with Crippen LogP contribution in [-0.4, -0.2) is 62.8 Å². The van der Waals surface area contributed by atoms with Crippen LogP contribution in [0.5, 0.6) is 0 Å². The van der Waals surface area contributed by atoms with Gasteiger partial charge in [-0.25, -0.2) is 0 Å². The molecule has 96 valence electrons. The minimum atomic E-state index is -1.21. The molecule has 1 fully saturated rings. The van der Waals surface area contributed by atoms with Crippen molar-refractivity contribution in [2.75, 3.05) is 6.61 Å². The lowest BCUT2D eigenvalue weighted by Crippen LogP contribution is -2.49. The summed E-state index contributed by atoms with van der Waals surface area (Å²) in [5, 5.41) is 43.5. The van der Waals surface area contributed by atoms with Crippen LogP contribution < -0.4 is 10.6 Å². The Morgan fingerprint density at radius 2 is 2.00 bits per heavy atom. The quantitative estimate of drug-likeness (QED) is 0.295. The van der Waals surface area contributed by atoms with Crippen molar-refractivity contribution in [1.29, 1.82) is 0 Å². The lowest BCUT2D eigenvalue weighted by atomic mass is 10.0. The molecule has 5 atom stereocenters. The fraction of sp³-hybridized carbons (Fsp3) is 0.667. The Bertz CT molecular complexity index is 350. The Hall–Kier alpha value is -0.770. The van der Waals surface area contributed by atoms with Crippen LogP contribution in [0.1, 0.15) is 0 Å². The summed E-state index contributed by atoms with van der Waals surface area (Å²) in [5.41, 5.74) is 0.320. The number of rotatable bonds is 2. The molecule has 2 rings (SSSR count). The maximum atomic E-state index is 9.77. The van der Waals surface area contributed by atoms with Crippen molar-refractivity contribution in [2.24, 2.45) is 0 Å². The van der Waals surface area contributed by atoms with Crippen molar-refractivity contribution in [3.05, 3.63) is 11.8 Å². The van der Waals surface area contributed by atoms with E-state index in [1.54, 1.807) is 0 Å². The Labute approximate surface area is 103 Å². The third kappa shape index (κ3) is 2.28. The minimum Gasteiger partial charge on any atom is -0.394 e. The predicted octanol–water partition coefficient (Wildman–Crippen LogP) is -2.85. The topological polar surface area (TPSA) is 114 Å². The Morgan fingerprint density at radius 3 is 2.53 bits per heavy atom. The van der Waals surface area contributed by atoms with E-state index in [9.17, 15) is 15.3 Å². The average Bonchev–Trinajstić information content (AvgIpc) is 2.57. The van der Waals surface area contributed by atoms with Gasteiger partial charge < -0.3 is 35.8 Å². The van der Waals surface area contributed by atoms with Crippen molar-refractivity contribution in [3.8, 4) is 0 Å². The molecular weight excluding hydrogens is 248 g/mol. The first kappa shape index (κ1) is 12.7. The number of ether oxygens (including phenoxy) is 1. The van der Waals surface area contributed by atoms with E-state index in [0.29, 0.717) is 5.57 Å². The molecule has 8 heteroatoms. The fourth-order valence-corrected chi connectivity index (χ4v) is 2.06. The van der Waals surface area contributed by atoms with Gasteiger partial charge in [-0.2, -0.15) is 0 Å². The van der Waals surface area contributed by atoms with Gasteiger partial charge in [0.25, 0.3) is 0 Å². The predicted molar refractivity (Wildman–Crippen MR) is 60.7 cm³/mol. The van der Waals surface area contributed by atoms with Crippen LogP contribution in [-0.2, 0) is 4.74 Å². The molecule has 2 unspecified atom stereocenters. The van der Waals surface area contributed by atoms with Gasteiger partial charge in [0.2, 0.25) is 0 Å². The summed E-state index contributed by atoms with van der Waals surface area (Å²) in [5.74, 6) is 0. The van der Waals surface area contributed by atoms with E-state index in [0.717, 1.165) is 0 Å². The van der Waals surface area contributed by atoms with Crippen LogP contribution in [0.2, 0.25) is 0 Å². The highest BCUT2D eigenvalue weighted by Gasteiger charge is 2.45. The summed E-state index contributed by atoms with van der Waals surface area (Å²) in [6.45, 7) is -0.405. The second kappa shape index (κ2) is 4.84. The molecule has 0 saturated carbocycles. The van der Waals surface area contributed by atoms with Crippen LogP contribution in [0.3, 0.4) is 0 Å².